The van der Waals surface area contributed by atoms with Crippen LogP contribution in [0.5, 0.6) is 0 Å². The summed E-state index contributed by atoms with van der Waals surface area (Å²) < 4.78 is 27.0. The first kappa shape index (κ1) is 60.7. The number of carbonyl (C=O) groups excluding carboxylic acids is 2. The summed E-state index contributed by atoms with van der Waals surface area (Å²) >= 11 is 0. The number of aliphatic hydroxyl groups is 1. The zero-order valence-electron chi connectivity index (χ0n) is 40.5. The number of phosphoric ester groups is 1. The monoisotopic (exact) mass is 906 g/mol. The lowest BCUT2D eigenvalue weighted by atomic mass is 10.0. The van der Waals surface area contributed by atoms with Crippen LogP contribution in [0.25, 0.3) is 0 Å². The molecule has 0 rings (SSSR count). The number of nitrogens with one attached hydrogen (secondary N) is 1. The Morgan fingerprint density at radius 3 is 1.29 bits per heavy atom. The van der Waals surface area contributed by atoms with Gasteiger partial charge < -0.3 is 20.1 Å². The third kappa shape index (κ3) is 50.6. The normalized spacial score (nSPS) is 13.7. The van der Waals surface area contributed by atoms with E-state index in [2.05, 4.69) is 79.9 Å². The lowest BCUT2D eigenvalue weighted by molar-refractivity contribution is -0.147. The molecule has 366 valence electrons. The van der Waals surface area contributed by atoms with Gasteiger partial charge in [0.2, 0.25) is 5.91 Å². The number of carbonyl (C=O) groups is 2. The highest BCUT2D eigenvalue weighted by Gasteiger charge is 2.23. The summed E-state index contributed by atoms with van der Waals surface area (Å²) in [6.45, 7) is 3.51. The lowest BCUT2D eigenvalue weighted by Crippen LogP contribution is -2.27. The van der Waals surface area contributed by atoms with Gasteiger partial charge in [-0.1, -0.05) is 197 Å². The number of hydrogen-bond acceptors (Lipinski definition) is 7. The summed E-state index contributed by atoms with van der Waals surface area (Å²) in [6, 6.07) is 0. The van der Waals surface area contributed by atoms with Crippen LogP contribution >= 0.6 is 7.82 Å². The second-order valence-corrected chi connectivity index (χ2v) is 18.6. The van der Waals surface area contributed by atoms with Crippen molar-refractivity contribution in [3.63, 3.8) is 0 Å². The van der Waals surface area contributed by atoms with Gasteiger partial charge >= 0.3 is 13.8 Å². The van der Waals surface area contributed by atoms with E-state index in [0.717, 1.165) is 70.6 Å². The van der Waals surface area contributed by atoms with E-state index < -0.39 is 26.5 Å². The van der Waals surface area contributed by atoms with Crippen LogP contribution in [0.4, 0.5) is 0 Å². The molecule has 0 aromatic carbocycles. The van der Waals surface area contributed by atoms with E-state index in [4.69, 9.17) is 13.8 Å². The van der Waals surface area contributed by atoms with Crippen LogP contribution < -0.4 is 5.32 Å². The van der Waals surface area contributed by atoms with Crippen molar-refractivity contribution >= 4 is 19.7 Å². The summed E-state index contributed by atoms with van der Waals surface area (Å²) in [7, 11) is -4.43. The first-order valence-corrected chi connectivity index (χ1v) is 27.3. The molecule has 0 aromatic rings. The van der Waals surface area contributed by atoms with Crippen molar-refractivity contribution in [2.45, 2.75) is 238 Å². The maximum absolute atomic E-state index is 12.2. The number of esters is 1. The van der Waals surface area contributed by atoms with Crippen molar-refractivity contribution in [2.24, 2.45) is 0 Å². The summed E-state index contributed by atoms with van der Waals surface area (Å²) in [5.74, 6) is -0.527. The van der Waals surface area contributed by atoms with Gasteiger partial charge in [0.05, 0.1) is 13.2 Å². The molecule has 0 aliphatic rings. The summed E-state index contributed by atoms with van der Waals surface area (Å²) in [4.78, 5) is 34.1. The zero-order valence-corrected chi connectivity index (χ0v) is 41.4. The predicted molar refractivity (Wildman–Crippen MR) is 266 cm³/mol. The van der Waals surface area contributed by atoms with Crippen molar-refractivity contribution in [3.05, 3.63) is 60.8 Å². The molecular formula is C53H96NO8P. The summed E-state index contributed by atoms with van der Waals surface area (Å²) in [5, 5.41) is 12.7. The highest BCUT2D eigenvalue weighted by atomic mass is 31.2. The second-order valence-electron chi connectivity index (χ2n) is 17.1. The van der Waals surface area contributed by atoms with E-state index in [-0.39, 0.29) is 32.1 Å². The molecular weight excluding hydrogens is 810 g/mol. The number of unbranched alkanes of at least 4 members (excludes halogenated alkanes) is 25. The molecule has 0 saturated carbocycles. The van der Waals surface area contributed by atoms with Gasteiger partial charge in [0.1, 0.15) is 12.7 Å². The zero-order chi connectivity index (χ0) is 46.0. The Balaban J connectivity index is 3.57. The number of allylic oxidation sites excluding steroid dienone is 10. The first-order valence-electron chi connectivity index (χ1n) is 25.8. The van der Waals surface area contributed by atoms with Crippen LogP contribution in [0, 0.1) is 0 Å². The molecule has 0 bridgehead atoms. The lowest BCUT2D eigenvalue weighted by Gasteiger charge is -2.15. The predicted octanol–water partition coefficient (Wildman–Crippen LogP) is 15.2. The fourth-order valence-corrected chi connectivity index (χ4v) is 7.76. The third-order valence-corrected chi connectivity index (χ3v) is 11.9. The molecule has 2 atom stereocenters. The van der Waals surface area contributed by atoms with Crippen molar-refractivity contribution in [3.8, 4) is 0 Å². The molecule has 0 heterocycles. The quantitative estimate of drug-likeness (QED) is 0.0238. The molecule has 0 spiro atoms. The maximum atomic E-state index is 12.2. The molecule has 0 saturated heterocycles. The first-order chi connectivity index (χ1) is 30.8. The van der Waals surface area contributed by atoms with Gasteiger partial charge in [0.15, 0.2) is 0 Å². The van der Waals surface area contributed by atoms with Crippen LogP contribution in [-0.4, -0.2) is 54.3 Å². The van der Waals surface area contributed by atoms with E-state index in [1.54, 1.807) is 0 Å². The van der Waals surface area contributed by atoms with Gasteiger partial charge in [0.25, 0.3) is 0 Å². The van der Waals surface area contributed by atoms with E-state index in [1.807, 2.05) is 0 Å². The Morgan fingerprint density at radius 2 is 0.857 bits per heavy atom. The number of amides is 1. The minimum Gasteiger partial charge on any atom is -0.463 e. The molecule has 0 radical (unpaired) electrons. The van der Waals surface area contributed by atoms with Gasteiger partial charge in [-0.2, -0.15) is 0 Å². The molecule has 0 aliphatic heterocycles. The van der Waals surface area contributed by atoms with E-state index in [1.165, 1.54) is 135 Å². The molecule has 0 fully saturated rings. The van der Waals surface area contributed by atoms with Gasteiger partial charge in [-0.05, 0) is 83.5 Å². The standard InChI is InChI=1S/C53H96NO8P/c1-3-5-7-9-11-13-15-17-19-21-23-24-25-26-28-29-31-33-35-37-39-41-43-45-52(56)54-47-48-61-63(58,59)62-50-51(55)49-60-53(57)46-44-42-40-38-36-34-32-30-27-22-20-18-16-14-12-10-8-6-4-2/h11-14,17-20,27,30,51,55H,3-10,15-16,21-26,28-29,31-50H2,1-2H3,(H,54,56)(H,58,59)/b13-11-,14-12-,19-17-,20-18-,30-27-. The molecule has 63 heavy (non-hydrogen) atoms. The average molecular weight is 906 g/mol. The van der Waals surface area contributed by atoms with Crippen LogP contribution in [0.1, 0.15) is 232 Å². The Kier molecular flexibility index (Phi) is 47.4. The van der Waals surface area contributed by atoms with Crippen molar-refractivity contribution in [1.29, 1.82) is 0 Å². The smallest absolute Gasteiger partial charge is 0.463 e. The van der Waals surface area contributed by atoms with Crippen LogP contribution in [-0.2, 0) is 27.9 Å². The van der Waals surface area contributed by atoms with Gasteiger partial charge in [-0.15, -0.1) is 0 Å². The number of hydrogen-bond donors (Lipinski definition) is 3. The Morgan fingerprint density at radius 1 is 0.492 bits per heavy atom. The number of rotatable bonds is 48. The Bertz CT molecular complexity index is 1220. The van der Waals surface area contributed by atoms with Crippen molar-refractivity contribution < 1.29 is 37.9 Å². The highest BCUT2D eigenvalue weighted by molar-refractivity contribution is 7.47. The SMILES string of the molecule is CCCCC/C=C\C/C=C\C/C=C\CCCCCCCCC(=O)OCC(O)COP(=O)(O)OCCNC(=O)CCCCCCCCCCCCCCC/C=C\C/C=C\CCCCC. The van der Waals surface area contributed by atoms with Crippen molar-refractivity contribution in [2.75, 3.05) is 26.4 Å². The fourth-order valence-electron chi connectivity index (χ4n) is 7.01. The highest BCUT2D eigenvalue weighted by Crippen LogP contribution is 2.42. The number of phosphoric acid groups is 1. The molecule has 9 nitrogen and oxygen atoms in total. The van der Waals surface area contributed by atoms with Gasteiger partial charge in [-0.3, -0.25) is 18.6 Å². The molecule has 0 aliphatic carbocycles. The molecule has 0 aromatic heterocycles. The third-order valence-electron chi connectivity index (χ3n) is 10.9. The Hall–Kier alpha value is -2.29. The number of ether oxygens (including phenoxy) is 1. The van der Waals surface area contributed by atoms with Gasteiger partial charge in [-0.25, -0.2) is 4.57 Å². The van der Waals surface area contributed by atoms with Crippen LogP contribution in [0.15, 0.2) is 60.8 Å². The topological polar surface area (TPSA) is 131 Å². The molecule has 3 N–H and O–H groups in total. The summed E-state index contributed by atoms with van der Waals surface area (Å²) in [6.07, 6.45) is 60.1. The largest absolute Gasteiger partial charge is 0.472 e. The fraction of sp³-hybridized carbons (Fsp3) is 0.774. The van der Waals surface area contributed by atoms with E-state index >= 15 is 0 Å². The minimum atomic E-state index is -4.43. The average Bonchev–Trinajstić information content (AvgIpc) is 3.27. The molecule has 10 heteroatoms. The Labute approximate surface area is 387 Å². The van der Waals surface area contributed by atoms with Gasteiger partial charge in [0, 0.05) is 19.4 Å². The maximum Gasteiger partial charge on any atom is 0.472 e. The summed E-state index contributed by atoms with van der Waals surface area (Å²) in [5.41, 5.74) is 0. The van der Waals surface area contributed by atoms with Crippen LogP contribution in [0.2, 0.25) is 0 Å². The second kappa shape index (κ2) is 49.2. The van der Waals surface area contributed by atoms with E-state index in [0.29, 0.717) is 6.42 Å². The molecule has 1 amide bonds. The van der Waals surface area contributed by atoms with Crippen LogP contribution in [0.3, 0.4) is 0 Å². The number of aliphatic hydroxyl groups excluding tert-OH is 1. The molecule has 2 unspecified atom stereocenters. The van der Waals surface area contributed by atoms with Crippen molar-refractivity contribution in [1.82, 2.24) is 5.32 Å². The van der Waals surface area contributed by atoms with E-state index in [9.17, 15) is 24.2 Å². The minimum absolute atomic E-state index is 0.0783.